The molecule has 2 bridgehead atoms. The fourth-order valence-corrected chi connectivity index (χ4v) is 8.85. The molecule has 1 N–H and O–H groups in total. The lowest BCUT2D eigenvalue weighted by atomic mass is 9.68. The molecule has 2 saturated carbocycles. The molecule has 0 aromatic heterocycles. The van der Waals surface area contributed by atoms with Crippen molar-refractivity contribution in [2.45, 2.75) is 84.8 Å². The van der Waals surface area contributed by atoms with E-state index in [9.17, 15) is 13.5 Å². The molecule has 1 unspecified atom stereocenters. The van der Waals surface area contributed by atoms with E-state index in [1.165, 1.54) is 0 Å². The summed E-state index contributed by atoms with van der Waals surface area (Å²) in [6.07, 6.45) is 2.14. The van der Waals surface area contributed by atoms with E-state index in [0.717, 1.165) is 19.3 Å². The zero-order valence-electron chi connectivity index (χ0n) is 17.0. The Morgan fingerprint density at radius 1 is 1.19 bits per heavy atom. The van der Waals surface area contributed by atoms with Crippen LogP contribution in [0, 0.1) is 16.7 Å². The number of hydrogen-bond acceptors (Lipinski definition) is 5. The number of fused-ring (bicyclic) bond motifs is 3. The maximum absolute atomic E-state index is 13.5. The second-order valence-electron chi connectivity index (χ2n) is 9.50. The summed E-state index contributed by atoms with van der Waals surface area (Å²) in [7, 11) is -3.50. The standard InChI is InChI=1S/C19H35NO5S/c1-13(2)20(14(3)4)26(22,23)12-18-8-7-15(17(18,5)6)9-19(18)24-11-16(10-21)25-19/h13-16,21H,7-12H2,1-6H3/t15-,16-,18+,19?/m0/s1. The number of rotatable bonds is 6. The SMILES string of the molecule is CC(C)N(C(C)C)S(=O)(=O)C[C@@]12CC[C@@H](CC13OC[C@H](CO)O3)C2(C)C. The number of aliphatic hydroxyl groups excluding tert-OH is 1. The van der Waals surface area contributed by atoms with Gasteiger partial charge in [0.15, 0.2) is 5.79 Å². The van der Waals surface area contributed by atoms with Gasteiger partial charge in [-0.2, -0.15) is 4.31 Å². The summed E-state index contributed by atoms with van der Waals surface area (Å²) in [6, 6.07) is -0.186. The first-order valence-electron chi connectivity index (χ1n) is 9.86. The summed E-state index contributed by atoms with van der Waals surface area (Å²) in [4.78, 5) is 0. The third-order valence-corrected chi connectivity index (χ3v) is 9.59. The molecule has 7 heteroatoms. The van der Waals surface area contributed by atoms with Crippen molar-refractivity contribution in [3.8, 4) is 0 Å². The predicted octanol–water partition coefficient (Wildman–Crippen LogP) is 2.37. The molecule has 3 rings (SSSR count). The largest absolute Gasteiger partial charge is 0.394 e. The average molecular weight is 390 g/mol. The molecule has 3 fully saturated rings. The Hall–Kier alpha value is -0.210. The average Bonchev–Trinajstić information content (AvgIpc) is 3.06. The molecule has 2 aliphatic carbocycles. The molecule has 0 amide bonds. The highest BCUT2D eigenvalue weighted by Gasteiger charge is 2.75. The summed E-state index contributed by atoms with van der Waals surface area (Å²) >= 11 is 0. The van der Waals surface area contributed by atoms with Crippen LogP contribution in [0.1, 0.15) is 60.8 Å². The Morgan fingerprint density at radius 2 is 1.81 bits per heavy atom. The highest BCUT2D eigenvalue weighted by atomic mass is 32.2. The summed E-state index contributed by atoms with van der Waals surface area (Å²) in [5.41, 5.74) is -0.778. The normalized spacial score (nSPS) is 39.2. The number of sulfonamides is 1. The van der Waals surface area contributed by atoms with E-state index in [1.54, 1.807) is 4.31 Å². The third-order valence-electron chi connectivity index (χ3n) is 7.25. The topological polar surface area (TPSA) is 76.1 Å². The predicted molar refractivity (Wildman–Crippen MR) is 100 cm³/mol. The first kappa shape index (κ1) is 20.5. The lowest BCUT2D eigenvalue weighted by Gasteiger charge is -2.48. The molecule has 4 atom stereocenters. The van der Waals surface area contributed by atoms with Crippen molar-refractivity contribution in [1.29, 1.82) is 0 Å². The van der Waals surface area contributed by atoms with Crippen molar-refractivity contribution >= 4 is 10.0 Å². The van der Waals surface area contributed by atoms with Gasteiger partial charge < -0.3 is 14.6 Å². The Bertz CT molecular complexity index is 638. The van der Waals surface area contributed by atoms with Gasteiger partial charge >= 0.3 is 0 Å². The van der Waals surface area contributed by atoms with Crippen molar-refractivity contribution in [3.63, 3.8) is 0 Å². The second kappa shape index (κ2) is 6.41. The summed E-state index contributed by atoms with van der Waals surface area (Å²) in [6.45, 7) is 12.3. The van der Waals surface area contributed by atoms with Crippen LogP contribution < -0.4 is 0 Å². The quantitative estimate of drug-likeness (QED) is 0.755. The molecule has 0 aromatic carbocycles. The van der Waals surface area contributed by atoms with Crippen LogP contribution >= 0.6 is 0 Å². The minimum absolute atomic E-state index is 0.0397. The van der Waals surface area contributed by atoms with E-state index in [0.29, 0.717) is 12.5 Å². The van der Waals surface area contributed by atoms with E-state index in [4.69, 9.17) is 9.47 Å². The lowest BCUT2D eigenvalue weighted by molar-refractivity contribution is -0.245. The van der Waals surface area contributed by atoms with Crippen molar-refractivity contribution in [3.05, 3.63) is 0 Å². The third kappa shape index (κ3) is 2.69. The summed E-state index contributed by atoms with van der Waals surface area (Å²) in [5, 5.41) is 9.53. The van der Waals surface area contributed by atoms with Crippen LogP contribution in [0.25, 0.3) is 0 Å². The Labute approximate surface area is 158 Å². The van der Waals surface area contributed by atoms with E-state index in [2.05, 4.69) is 13.8 Å². The van der Waals surface area contributed by atoms with Crippen molar-refractivity contribution in [2.24, 2.45) is 16.7 Å². The van der Waals surface area contributed by atoms with E-state index in [-0.39, 0.29) is 36.0 Å². The Balaban J connectivity index is 2.02. The number of ether oxygens (including phenoxy) is 2. The Morgan fingerprint density at radius 3 is 2.27 bits per heavy atom. The Kier molecular flexibility index (Phi) is 5.06. The molecule has 1 saturated heterocycles. The molecule has 1 spiro atoms. The van der Waals surface area contributed by atoms with Crippen LogP contribution in [0.3, 0.4) is 0 Å². The van der Waals surface area contributed by atoms with Crippen LogP contribution in [0.5, 0.6) is 0 Å². The minimum Gasteiger partial charge on any atom is -0.394 e. The molecule has 0 radical (unpaired) electrons. The van der Waals surface area contributed by atoms with E-state index >= 15 is 0 Å². The van der Waals surface area contributed by atoms with Crippen LogP contribution in [-0.2, 0) is 19.5 Å². The van der Waals surface area contributed by atoms with Gasteiger partial charge in [0.05, 0.1) is 19.0 Å². The highest BCUT2D eigenvalue weighted by molar-refractivity contribution is 7.89. The van der Waals surface area contributed by atoms with Gasteiger partial charge in [-0.3, -0.25) is 0 Å². The summed E-state index contributed by atoms with van der Waals surface area (Å²) < 4.78 is 41.0. The van der Waals surface area contributed by atoms with Crippen LogP contribution in [0.4, 0.5) is 0 Å². The summed E-state index contributed by atoms with van der Waals surface area (Å²) in [5.74, 6) is -0.473. The molecule has 1 aliphatic heterocycles. The molecular formula is C19H35NO5S. The van der Waals surface area contributed by atoms with Crippen molar-refractivity contribution in [1.82, 2.24) is 4.31 Å². The van der Waals surface area contributed by atoms with Gasteiger partial charge in [-0.15, -0.1) is 0 Å². The van der Waals surface area contributed by atoms with Gasteiger partial charge in [0.2, 0.25) is 10.0 Å². The van der Waals surface area contributed by atoms with E-state index in [1.807, 2.05) is 27.7 Å². The number of hydrogen-bond donors (Lipinski definition) is 1. The molecule has 152 valence electrons. The first-order valence-corrected chi connectivity index (χ1v) is 11.5. The van der Waals surface area contributed by atoms with E-state index < -0.39 is 21.2 Å². The van der Waals surface area contributed by atoms with Gasteiger partial charge in [-0.05, 0) is 51.9 Å². The molecule has 6 nitrogen and oxygen atoms in total. The fourth-order valence-electron chi connectivity index (χ4n) is 6.06. The van der Waals surface area contributed by atoms with Crippen molar-refractivity contribution < 1.29 is 23.0 Å². The monoisotopic (exact) mass is 389 g/mol. The number of nitrogens with zero attached hydrogens (tertiary/aromatic N) is 1. The van der Waals surface area contributed by atoms with Crippen molar-refractivity contribution in [2.75, 3.05) is 19.0 Å². The van der Waals surface area contributed by atoms with Crippen LogP contribution in [0.2, 0.25) is 0 Å². The van der Waals surface area contributed by atoms with Gasteiger partial charge in [0, 0.05) is 23.9 Å². The zero-order chi connectivity index (χ0) is 19.5. The molecule has 0 aromatic rings. The lowest BCUT2D eigenvalue weighted by Crippen LogP contribution is -2.57. The second-order valence-corrected chi connectivity index (χ2v) is 11.4. The van der Waals surface area contributed by atoms with Gasteiger partial charge in [-0.25, -0.2) is 8.42 Å². The van der Waals surface area contributed by atoms with Gasteiger partial charge in [-0.1, -0.05) is 13.8 Å². The van der Waals surface area contributed by atoms with Crippen LogP contribution in [0.15, 0.2) is 0 Å². The number of aliphatic hydroxyl groups is 1. The smallest absolute Gasteiger partial charge is 0.215 e. The van der Waals surface area contributed by atoms with Gasteiger partial charge in [0.25, 0.3) is 0 Å². The fraction of sp³-hybridized carbons (Fsp3) is 1.00. The molecular weight excluding hydrogens is 354 g/mol. The maximum Gasteiger partial charge on any atom is 0.215 e. The van der Waals surface area contributed by atoms with Crippen LogP contribution in [-0.4, -0.2) is 60.8 Å². The molecule has 3 aliphatic rings. The van der Waals surface area contributed by atoms with Gasteiger partial charge in [0.1, 0.15) is 6.10 Å². The minimum atomic E-state index is -3.50. The molecule has 26 heavy (non-hydrogen) atoms. The first-order chi connectivity index (χ1) is 11.9. The highest BCUT2D eigenvalue weighted by Crippen LogP contribution is 2.72. The maximum atomic E-state index is 13.5. The zero-order valence-corrected chi connectivity index (χ0v) is 17.8. The molecule has 1 heterocycles.